The number of hydrogen-bond acceptors (Lipinski definition) is 0. The molecule has 0 saturated carbocycles. The van der Waals surface area contributed by atoms with Gasteiger partial charge in [-0.15, -0.1) is 0 Å². The fourth-order valence-electron chi connectivity index (χ4n) is 10.6. The van der Waals surface area contributed by atoms with Crippen LogP contribution in [0.1, 0.15) is 94.5 Å². The average molecular weight is 793 g/mol. The first kappa shape index (κ1) is 37.8. The maximum Gasteiger partial charge on any atom is 0.0359 e. The van der Waals surface area contributed by atoms with E-state index < -0.39 is 0 Å². The van der Waals surface area contributed by atoms with E-state index in [-0.39, 0.29) is 11.8 Å². The Kier molecular flexibility index (Phi) is 9.55. The van der Waals surface area contributed by atoms with Gasteiger partial charge in [-0.25, -0.2) is 0 Å². The van der Waals surface area contributed by atoms with Crippen LogP contribution in [0.5, 0.6) is 0 Å². The molecule has 0 N–H and O–H groups in total. The van der Waals surface area contributed by atoms with Gasteiger partial charge in [0.05, 0.1) is 0 Å². The van der Waals surface area contributed by atoms with E-state index in [4.69, 9.17) is 0 Å². The Hall–Kier alpha value is -7.20. The molecule has 8 aromatic rings. The lowest BCUT2D eigenvalue weighted by Gasteiger charge is -2.34. The van der Waals surface area contributed by atoms with E-state index in [0.717, 1.165) is 6.42 Å². The summed E-state index contributed by atoms with van der Waals surface area (Å²) in [5, 5.41) is 0. The summed E-state index contributed by atoms with van der Waals surface area (Å²) in [6, 6.07) is 70.6. The van der Waals surface area contributed by atoms with Crippen molar-refractivity contribution in [3.63, 3.8) is 0 Å². The van der Waals surface area contributed by atoms with Crippen molar-refractivity contribution in [1.29, 1.82) is 0 Å². The number of rotatable bonds is 8. The predicted octanol–water partition coefficient (Wildman–Crippen LogP) is 16.1. The molecule has 296 valence electrons. The average Bonchev–Trinajstić information content (AvgIpc) is 3.65. The lowest BCUT2D eigenvalue weighted by atomic mass is 9.69. The summed E-state index contributed by atoms with van der Waals surface area (Å²) in [7, 11) is 0. The van der Waals surface area contributed by atoms with Gasteiger partial charge in [0.15, 0.2) is 0 Å². The number of allylic oxidation sites excluding steroid dienone is 4. The highest BCUT2D eigenvalue weighted by Gasteiger charge is 2.34. The van der Waals surface area contributed by atoms with Crippen LogP contribution in [-0.2, 0) is 6.42 Å². The monoisotopic (exact) mass is 792 g/mol. The summed E-state index contributed by atoms with van der Waals surface area (Å²) in [6.07, 6.45) is 5.15. The topological polar surface area (TPSA) is 0 Å². The summed E-state index contributed by atoms with van der Waals surface area (Å²) in [6.45, 7) is 7.09. The highest BCUT2D eigenvalue weighted by Crippen LogP contribution is 2.52. The molecule has 0 saturated heterocycles. The first-order valence-electron chi connectivity index (χ1n) is 22.2. The van der Waals surface area contributed by atoms with E-state index in [0.29, 0.717) is 11.8 Å². The van der Waals surface area contributed by atoms with E-state index in [2.05, 4.69) is 232 Å². The van der Waals surface area contributed by atoms with Gasteiger partial charge in [0.1, 0.15) is 0 Å². The van der Waals surface area contributed by atoms with Crippen LogP contribution in [0.15, 0.2) is 217 Å². The second kappa shape index (κ2) is 15.7. The number of fused-ring (bicyclic) bond motifs is 5. The van der Waals surface area contributed by atoms with Crippen molar-refractivity contribution >= 4 is 5.57 Å². The largest absolute Gasteiger partial charge is 0.0699 e. The molecule has 0 amide bonds. The fourth-order valence-corrected chi connectivity index (χ4v) is 10.6. The molecule has 0 fully saturated rings. The fraction of sp³-hybridized carbons (Fsp3) is 0.129. The van der Waals surface area contributed by atoms with Crippen LogP contribution in [0.4, 0.5) is 0 Å². The van der Waals surface area contributed by atoms with Gasteiger partial charge in [-0.1, -0.05) is 196 Å². The van der Waals surface area contributed by atoms with Crippen LogP contribution in [0.3, 0.4) is 0 Å². The van der Waals surface area contributed by atoms with E-state index >= 15 is 0 Å². The molecule has 11 rings (SSSR count). The lowest BCUT2D eigenvalue weighted by Crippen LogP contribution is -2.17. The van der Waals surface area contributed by atoms with Crippen LogP contribution in [0.2, 0.25) is 0 Å². The van der Waals surface area contributed by atoms with Gasteiger partial charge in [0, 0.05) is 11.8 Å². The molecule has 0 radical (unpaired) electrons. The molecule has 0 bridgehead atoms. The zero-order valence-corrected chi connectivity index (χ0v) is 35.6. The SMILES string of the molecule is CC(C)c1cc2c(cc1-c1cc(-c3ccc4c(c3)-c3ccccc3C(C)C4c3ccc(-c4ccccc4)cc3)ccc1Cc1ccccc1)C(c1ccccc1)C1=C2C=C=C=C1. The van der Waals surface area contributed by atoms with Crippen molar-refractivity contribution in [2.24, 2.45) is 0 Å². The van der Waals surface area contributed by atoms with Gasteiger partial charge >= 0.3 is 0 Å². The molecule has 0 nitrogen and oxygen atoms in total. The highest BCUT2D eigenvalue weighted by molar-refractivity contribution is 5.92. The second-order valence-corrected chi connectivity index (χ2v) is 17.6. The van der Waals surface area contributed by atoms with E-state index in [9.17, 15) is 0 Å². The summed E-state index contributed by atoms with van der Waals surface area (Å²) in [5.41, 5.74) is 31.6. The molecule has 0 heterocycles. The summed E-state index contributed by atoms with van der Waals surface area (Å²) in [4.78, 5) is 0. The van der Waals surface area contributed by atoms with Crippen LogP contribution >= 0.6 is 0 Å². The van der Waals surface area contributed by atoms with Gasteiger partial charge in [-0.05, 0) is 160 Å². The van der Waals surface area contributed by atoms with E-state index in [1.54, 1.807) is 0 Å². The molecule has 8 aromatic carbocycles. The van der Waals surface area contributed by atoms with Crippen LogP contribution in [0, 0.1) is 0 Å². The molecule has 3 aliphatic carbocycles. The lowest BCUT2D eigenvalue weighted by molar-refractivity contribution is 0.650. The van der Waals surface area contributed by atoms with Gasteiger partial charge in [-0.3, -0.25) is 0 Å². The van der Waals surface area contributed by atoms with Crippen LogP contribution < -0.4 is 0 Å². The third kappa shape index (κ3) is 6.57. The van der Waals surface area contributed by atoms with Crippen LogP contribution in [-0.4, -0.2) is 0 Å². The molecule has 3 unspecified atom stereocenters. The number of hydrogen-bond donors (Lipinski definition) is 0. The first-order valence-corrected chi connectivity index (χ1v) is 22.2. The third-order valence-electron chi connectivity index (χ3n) is 13.7. The minimum Gasteiger partial charge on any atom is -0.0699 e. The molecule has 3 atom stereocenters. The van der Waals surface area contributed by atoms with Gasteiger partial charge in [-0.2, -0.15) is 0 Å². The molecule has 0 heteroatoms. The van der Waals surface area contributed by atoms with Crippen molar-refractivity contribution in [3.8, 4) is 44.5 Å². The molecule has 0 aromatic heterocycles. The second-order valence-electron chi connectivity index (χ2n) is 17.6. The van der Waals surface area contributed by atoms with Crippen molar-refractivity contribution in [3.05, 3.63) is 267 Å². The highest BCUT2D eigenvalue weighted by atomic mass is 14.4. The summed E-state index contributed by atoms with van der Waals surface area (Å²) in [5.74, 6) is 1.05. The predicted molar refractivity (Wildman–Crippen MR) is 260 cm³/mol. The first-order chi connectivity index (χ1) is 30.5. The Balaban J connectivity index is 1.06. The molecule has 0 aliphatic heterocycles. The molecule has 62 heavy (non-hydrogen) atoms. The van der Waals surface area contributed by atoms with E-state index in [1.165, 1.54) is 106 Å². The molecular weight excluding hydrogens is 745 g/mol. The number of benzene rings is 8. The van der Waals surface area contributed by atoms with Crippen LogP contribution in [0.25, 0.3) is 50.1 Å². The molecule has 0 spiro atoms. The maximum atomic E-state index is 3.30. The Morgan fingerprint density at radius 3 is 1.84 bits per heavy atom. The Labute approximate surface area is 366 Å². The Morgan fingerprint density at radius 1 is 0.452 bits per heavy atom. The summed E-state index contributed by atoms with van der Waals surface area (Å²) >= 11 is 0. The van der Waals surface area contributed by atoms with Crippen molar-refractivity contribution in [2.75, 3.05) is 0 Å². The Bertz CT molecular complexity index is 3130. The molecular formula is C62H48. The zero-order chi connectivity index (χ0) is 41.7. The molecule has 3 aliphatic rings. The third-order valence-corrected chi connectivity index (χ3v) is 13.7. The smallest absolute Gasteiger partial charge is 0.0359 e. The van der Waals surface area contributed by atoms with Gasteiger partial charge in [0.25, 0.3) is 0 Å². The van der Waals surface area contributed by atoms with Gasteiger partial charge < -0.3 is 0 Å². The quantitative estimate of drug-likeness (QED) is 0.134. The van der Waals surface area contributed by atoms with E-state index in [1.807, 2.05) is 0 Å². The Morgan fingerprint density at radius 2 is 1.08 bits per heavy atom. The van der Waals surface area contributed by atoms with Crippen molar-refractivity contribution in [2.45, 2.75) is 50.9 Å². The zero-order valence-electron chi connectivity index (χ0n) is 35.6. The normalized spacial score (nSPS) is 16.9. The van der Waals surface area contributed by atoms with Gasteiger partial charge in [0.2, 0.25) is 0 Å². The minimum atomic E-state index is 0.137. The summed E-state index contributed by atoms with van der Waals surface area (Å²) < 4.78 is 0. The van der Waals surface area contributed by atoms with Crippen molar-refractivity contribution in [1.82, 2.24) is 0 Å². The minimum absolute atomic E-state index is 0.137. The van der Waals surface area contributed by atoms with Crippen molar-refractivity contribution < 1.29 is 0 Å². The standard InChI is InChI=1S/C62H48/c1-40(2)55-38-58-52-25-15-16-26-53(52)62(45-21-11-6-12-22-45)60(58)39-59(55)56-36-47(31-32-49(56)35-42-17-7-4-8-18-42)48-33-34-54-57(37-48)51-24-14-13-23-50(51)41(3)61(54)46-29-27-44(28-30-46)43-19-9-5-10-20-43/h4-14,17-34,36-41,61-62H,35H2,1-3H3. The maximum absolute atomic E-state index is 3.30.